The third-order valence-corrected chi connectivity index (χ3v) is 1.77. The number of carbonyl (C=O) groups is 1. The Hall–Kier alpha value is -1.16. The Morgan fingerprint density at radius 3 is 2.60 bits per heavy atom. The quantitative estimate of drug-likeness (QED) is 0.719. The molecule has 0 saturated carbocycles. The van der Waals surface area contributed by atoms with E-state index in [4.69, 9.17) is 4.74 Å². The molecule has 82 valence electrons. The number of thiol groups is 1. The minimum absolute atomic E-state index is 0.457. The van der Waals surface area contributed by atoms with E-state index in [2.05, 4.69) is 17.9 Å². The van der Waals surface area contributed by atoms with Gasteiger partial charge >= 0.3 is 6.09 Å². The number of amides is 1. The van der Waals surface area contributed by atoms with Crippen molar-refractivity contribution in [2.24, 2.45) is 0 Å². The lowest BCUT2D eigenvalue weighted by Crippen LogP contribution is -2.27. The van der Waals surface area contributed by atoms with E-state index in [-0.39, 0.29) is 0 Å². The lowest BCUT2D eigenvalue weighted by molar-refractivity contribution is 0.0636. The number of carbonyl (C=O) groups excluding carboxylic acids is 1. The normalized spacial score (nSPS) is 10.9. The molecule has 0 radical (unpaired) electrons. The predicted molar refractivity (Wildman–Crippen MR) is 63.6 cm³/mol. The van der Waals surface area contributed by atoms with Gasteiger partial charge in [-0.05, 0) is 39.0 Å². The maximum absolute atomic E-state index is 11.4. The molecule has 1 amide bonds. The molecule has 0 aliphatic carbocycles. The molecule has 0 aromatic heterocycles. The number of ether oxygens (including phenoxy) is 1. The van der Waals surface area contributed by atoms with Crippen molar-refractivity contribution in [2.75, 3.05) is 5.32 Å². The summed E-state index contributed by atoms with van der Waals surface area (Å²) in [5, 5.41) is 2.63. The van der Waals surface area contributed by atoms with E-state index < -0.39 is 11.7 Å². The van der Waals surface area contributed by atoms with Gasteiger partial charge in [-0.15, -0.1) is 12.6 Å². The molecule has 0 spiro atoms. The van der Waals surface area contributed by atoms with Gasteiger partial charge in [-0.3, -0.25) is 5.32 Å². The van der Waals surface area contributed by atoms with Crippen molar-refractivity contribution in [2.45, 2.75) is 31.3 Å². The largest absolute Gasteiger partial charge is 0.444 e. The highest BCUT2D eigenvalue weighted by atomic mass is 32.1. The zero-order valence-electron chi connectivity index (χ0n) is 9.07. The van der Waals surface area contributed by atoms with E-state index in [1.165, 1.54) is 0 Å². The van der Waals surface area contributed by atoms with Gasteiger partial charge < -0.3 is 4.74 Å². The zero-order valence-corrected chi connectivity index (χ0v) is 9.97. The van der Waals surface area contributed by atoms with Gasteiger partial charge in [-0.2, -0.15) is 0 Å². The summed E-state index contributed by atoms with van der Waals surface area (Å²) >= 11 is 4.17. The van der Waals surface area contributed by atoms with E-state index in [0.717, 1.165) is 4.90 Å². The Morgan fingerprint density at radius 1 is 1.40 bits per heavy atom. The van der Waals surface area contributed by atoms with Crippen molar-refractivity contribution in [3.8, 4) is 0 Å². The molecule has 1 rings (SSSR count). The SMILES string of the molecule is CC(C)(C)OC(=O)Nc1cccc(S)c1. The van der Waals surface area contributed by atoms with Crippen LogP contribution in [0.2, 0.25) is 0 Å². The molecule has 1 N–H and O–H groups in total. The molecule has 0 unspecified atom stereocenters. The van der Waals surface area contributed by atoms with Crippen LogP contribution in [0.5, 0.6) is 0 Å². The van der Waals surface area contributed by atoms with Gasteiger partial charge in [0, 0.05) is 10.6 Å². The molecular weight excluding hydrogens is 210 g/mol. The van der Waals surface area contributed by atoms with Crippen LogP contribution < -0.4 is 5.32 Å². The maximum Gasteiger partial charge on any atom is 0.412 e. The molecule has 1 aromatic rings. The van der Waals surface area contributed by atoms with Gasteiger partial charge in [-0.1, -0.05) is 6.07 Å². The number of rotatable bonds is 1. The highest BCUT2D eigenvalue weighted by Crippen LogP contribution is 2.15. The molecule has 0 aliphatic rings. The maximum atomic E-state index is 11.4. The first-order valence-corrected chi connectivity index (χ1v) is 5.10. The predicted octanol–water partition coefficient (Wildman–Crippen LogP) is 3.32. The van der Waals surface area contributed by atoms with Crippen LogP contribution in [0.4, 0.5) is 10.5 Å². The Bertz CT molecular complexity index is 358. The van der Waals surface area contributed by atoms with Crippen molar-refractivity contribution >= 4 is 24.4 Å². The lowest BCUT2D eigenvalue weighted by atomic mass is 10.2. The summed E-state index contributed by atoms with van der Waals surface area (Å²) in [5.41, 5.74) is 0.194. The van der Waals surface area contributed by atoms with E-state index >= 15 is 0 Å². The first-order chi connectivity index (χ1) is 6.87. The van der Waals surface area contributed by atoms with Crippen LogP contribution in [0, 0.1) is 0 Å². The van der Waals surface area contributed by atoms with Crippen molar-refractivity contribution in [3.05, 3.63) is 24.3 Å². The number of hydrogen-bond donors (Lipinski definition) is 2. The third kappa shape index (κ3) is 4.74. The third-order valence-electron chi connectivity index (χ3n) is 1.49. The van der Waals surface area contributed by atoms with Gasteiger partial charge in [0.1, 0.15) is 5.60 Å². The van der Waals surface area contributed by atoms with Gasteiger partial charge in [0.25, 0.3) is 0 Å². The lowest BCUT2D eigenvalue weighted by Gasteiger charge is -2.19. The van der Waals surface area contributed by atoms with Crippen molar-refractivity contribution in [1.29, 1.82) is 0 Å². The van der Waals surface area contributed by atoms with Crippen LogP contribution in [0.1, 0.15) is 20.8 Å². The molecule has 0 saturated heterocycles. The topological polar surface area (TPSA) is 38.3 Å². The van der Waals surface area contributed by atoms with Crippen molar-refractivity contribution in [1.82, 2.24) is 0 Å². The van der Waals surface area contributed by atoms with Gasteiger partial charge in [0.15, 0.2) is 0 Å². The summed E-state index contributed by atoms with van der Waals surface area (Å²) in [4.78, 5) is 12.2. The summed E-state index contributed by atoms with van der Waals surface area (Å²) in [6.45, 7) is 5.46. The highest BCUT2D eigenvalue weighted by molar-refractivity contribution is 7.80. The standard InChI is InChI=1S/C11H15NO2S/c1-11(2,3)14-10(13)12-8-5-4-6-9(15)7-8/h4-7,15H,1-3H3,(H,12,13). The summed E-state index contributed by atoms with van der Waals surface area (Å²) in [6, 6.07) is 7.19. The monoisotopic (exact) mass is 225 g/mol. The second-order valence-electron chi connectivity index (χ2n) is 4.18. The summed E-state index contributed by atoms with van der Waals surface area (Å²) in [5.74, 6) is 0. The van der Waals surface area contributed by atoms with E-state index in [1.807, 2.05) is 32.9 Å². The minimum Gasteiger partial charge on any atom is -0.444 e. The highest BCUT2D eigenvalue weighted by Gasteiger charge is 2.15. The van der Waals surface area contributed by atoms with Gasteiger partial charge in [0.05, 0.1) is 0 Å². The Morgan fingerprint density at radius 2 is 2.07 bits per heavy atom. The molecular formula is C11H15NO2S. The van der Waals surface area contributed by atoms with Crippen LogP contribution in [0.25, 0.3) is 0 Å². The summed E-state index contributed by atoms with van der Waals surface area (Å²) in [7, 11) is 0. The fourth-order valence-corrected chi connectivity index (χ4v) is 1.23. The van der Waals surface area contributed by atoms with Gasteiger partial charge in [-0.25, -0.2) is 4.79 Å². The minimum atomic E-state index is -0.483. The van der Waals surface area contributed by atoms with Crippen molar-refractivity contribution in [3.63, 3.8) is 0 Å². The Balaban J connectivity index is 2.59. The second kappa shape index (κ2) is 4.57. The average Bonchev–Trinajstić information content (AvgIpc) is 1.99. The molecule has 1 aromatic carbocycles. The molecule has 0 bridgehead atoms. The molecule has 0 fully saturated rings. The van der Waals surface area contributed by atoms with Crippen LogP contribution >= 0.6 is 12.6 Å². The van der Waals surface area contributed by atoms with E-state index in [0.29, 0.717) is 5.69 Å². The molecule has 3 nitrogen and oxygen atoms in total. The smallest absolute Gasteiger partial charge is 0.412 e. The van der Waals surface area contributed by atoms with Crippen LogP contribution in [-0.4, -0.2) is 11.7 Å². The number of hydrogen-bond acceptors (Lipinski definition) is 3. The molecule has 0 aliphatic heterocycles. The second-order valence-corrected chi connectivity index (χ2v) is 4.69. The molecule has 15 heavy (non-hydrogen) atoms. The molecule has 0 heterocycles. The van der Waals surface area contributed by atoms with E-state index in [1.54, 1.807) is 12.1 Å². The molecule has 0 atom stereocenters. The first-order valence-electron chi connectivity index (χ1n) is 4.66. The summed E-state index contributed by atoms with van der Waals surface area (Å²) < 4.78 is 5.11. The molecule has 4 heteroatoms. The van der Waals surface area contributed by atoms with Crippen LogP contribution in [0.3, 0.4) is 0 Å². The first kappa shape index (κ1) is 11.9. The number of anilines is 1. The fraction of sp³-hybridized carbons (Fsp3) is 0.364. The number of benzene rings is 1. The zero-order chi connectivity index (χ0) is 11.5. The van der Waals surface area contributed by atoms with Crippen LogP contribution in [-0.2, 0) is 4.74 Å². The average molecular weight is 225 g/mol. The summed E-state index contributed by atoms with van der Waals surface area (Å²) in [6.07, 6.45) is -0.457. The van der Waals surface area contributed by atoms with Crippen molar-refractivity contribution < 1.29 is 9.53 Å². The fourth-order valence-electron chi connectivity index (χ4n) is 1.01. The number of nitrogens with one attached hydrogen (secondary N) is 1. The Kier molecular flexibility index (Phi) is 3.63. The Labute approximate surface area is 95.2 Å². The van der Waals surface area contributed by atoms with Gasteiger partial charge in [0.2, 0.25) is 0 Å². The van der Waals surface area contributed by atoms with Crippen LogP contribution in [0.15, 0.2) is 29.2 Å². The van der Waals surface area contributed by atoms with E-state index in [9.17, 15) is 4.79 Å².